The first-order chi connectivity index (χ1) is 13.9. The predicted octanol–water partition coefficient (Wildman–Crippen LogP) is 4.99. The Morgan fingerprint density at radius 3 is 2.34 bits per heavy atom. The van der Waals surface area contributed by atoms with Crippen molar-refractivity contribution in [3.63, 3.8) is 0 Å². The second-order valence-electron chi connectivity index (χ2n) is 7.42. The van der Waals surface area contributed by atoms with Crippen LogP contribution in [0.3, 0.4) is 0 Å². The molecule has 0 radical (unpaired) electrons. The van der Waals surface area contributed by atoms with Gasteiger partial charge in [0.25, 0.3) is 0 Å². The summed E-state index contributed by atoms with van der Waals surface area (Å²) in [6.45, 7) is 6.33. The molecule has 2 rings (SSSR count). The number of carbonyl (C=O) groups excluding carboxylic acids is 2. The Balaban J connectivity index is 2.37. The van der Waals surface area contributed by atoms with Gasteiger partial charge in [0.15, 0.2) is 0 Å². The van der Waals surface area contributed by atoms with E-state index in [2.05, 4.69) is 5.32 Å². The number of halogens is 1. The van der Waals surface area contributed by atoms with Gasteiger partial charge in [0.1, 0.15) is 6.04 Å². The lowest BCUT2D eigenvalue weighted by Gasteiger charge is -2.32. The summed E-state index contributed by atoms with van der Waals surface area (Å²) in [5.41, 5.74) is 1.94. The van der Waals surface area contributed by atoms with Gasteiger partial charge in [-0.3, -0.25) is 9.59 Å². The number of rotatable bonds is 10. The normalized spacial score (nSPS) is 12.8. The lowest BCUT2D eigenvalue weighted by Crippen LogP contribution is -2.52. The van der Waals surface area contributed by atoms with Crippen molar-refractivity contribution in [3.05, 3.63) is 70.7 Å². The highest BCUT2D eigenvalue weighted by atomic mass is 35.5. The highest BCUT2D eigenvalue weighted by Gasteiger charge is 2.30. The average molecular weight is 415 g/mol. The fraction of sp³-hybridized carbons (Fsp3) is 0.417. The van der Waals surface area contributed by atoms with E-state index in [0.29, 0.717) is 24.4 Å². The Morgan fingerprint density at radius 1 is 1.03 bits per heavy atom. The summed E-state index contributed by atoms with van der Waals surface area (Å²) >= 11 is 6.15. The van der Waals surface area contributed by atoms with Crippen LogP contribution in [0.2, 0.25) is 5.02 Å². The molecule has 29 heavy (non-hydrogen) atoms. The van der Waals surface area contributed by atoms with Gasteiger partial charge >= 0.3 is 0 Å². The molecule has 0 aliphatic carbocycles. The molecule has 2 aromatic carbocycles. The Morgan fingerprint density at radius 2 is 1.72 bits per heavy atom. The minimum atomic E-state index is -0.579. The number of amides is 2. The van der Waals surface area contributed by atoms with E-state index in [9.17, 15) is 9.59 Å². The summed E-state index contributed by atoms with van der Waals surface area (Å²) in [5, 5.41) is 3.69. The lowest BCUT2D eigenvalue weighted by atomic mass is 10.0. The number of hydrogen-bond donors (Lipinski definition) is 1. The molecule has 1 N–H and O–H groups in total. The monoisotopic (exact) mass is 414 g/mol. The topological polar surface area (TPSA) is 49.4 Å². The molecule has 156 valence electrons. The van der Waals surface area contributed by atoms with Crippen LogP contribution >= 0.6 is 11.6 Å². The van der Waals surface area contributed by atoms with Crippen LogP contribution in [0.5, 0.6) is 0 Å². The van der Waals surface area contributed by atoms with Crippen molar-refractivity contribution in [2.24, 2.45) is 0 Å². The maximum absolute atomic E-state index is 13.2. The zero-order valence-corrected chi connectivity index (χ0v) is 18.3. The number of carbonyl (C=O) groups is 2. The molecule has 0 aliphatic heterocycles. The Bertz CT molecular complexity index is 794. The number of nitrogens with one attached hydrogen (secondary N) is 1. The van der Waals surface area contributed by atoms with Crippen molar-refractivity contribution in [2.45, 2.75) is 65.1 Å². The van der Waals surface area contributed by atoms with E-state index in [0.717, 1.165) is 24.0 Å². The third-order valence-corrected chi connectivity index (χ3v) is 5.21. The van der Waals surface area contributed by atoms with E-state index < -0.39 is 6.04 Å². The maximum atomic E-state index is 13.2. The van der Waals surface area contributed by atoms with E-state index in [1.54, 1.807) is 11.0 Å². The Labute approximate surface area is 179 Å². The zero-order chi connectivity index (χ0) is 21.2. The largest absolute Gasteiger partial charge is 0.352 e. The zero-order valence-electron chi connectivity index (χ0n) is 17.5. The van der Waals surface area contributed by atoms with Crippen LogP contribution in [0.25, 0.3) is 0 Å². The Hall–Kier alpha value is -2.33. The molecule has 2 atom stereocenters. The quantitative estimate of drug-likeness (QED) is 0.595. The molecule has 4 nitrogen and oxygen atoms in total. The molecular formula is C24H31ClN2O2. The molecule has 0 unspecified atom stereocenters. The van der Waals surface area contributed by atoms with Crippen molar-refractivity contribution >= 4 is 23.4 Å². The van der Waals surface area contributed by atoms with Gasteiger partial charge in [0, 0.05) is 30.5 Å². The fourth-order valence-corrected chi connectivity index (χ4v) is 3.40. The third-order valence-electron chi connectivity index (χ3n) is 4.98. The SMILES string of the molecule is CCCC(=O)N(Cc1cccc(Cl)c1)[C@@H](Cc1ccccc1)C(=O)N[C@H](C)CC. The lowest BCUT2D eigenvalue weighted by molar-refractivity contribution is -0.141. The van der Waals surface area contributed by atoms with Crippen molar-refractivity contribution in [3.8, 4) is 0 Å². The van der Waals surface area contributed by atoms with E-state index in [1.807, 2.05) is 69.3 Å². The fourth-order valence-electron chi connectivity index (χ4n) is 3.18. The van der Waals surface area contributed by atoms with Crippen LogP contribution in [0.4, 0.5) is 0 Å². The minimum absolute atomic E-state index is 0.0206. The van der Waals surface area contributed by atoms with Gasteiger partial charge in [0.2, 0.25) is 11.8 Å². The van der Waals surface area contributed by atoms with Gasteiger partial charge < -0.3 is 10.2 Å². The smallest absolute Gasteiger partial charge is 0.243 e. The minimum Gasteiger partial charge on any atom is -0.352 e. The van der Waals surface area contributed by atoms with Gasteiger partial charge in [-0.1, -0.05) is 67.9 Å². The number of nitrogens with zero attached hydrogens (tertiary/aromatic N) is 1. The Kier molecular flexibility index (Phi) is 9.20. The predicted molar refractivity (Wildman–Crippen MR) is 119 cm³/mol. The molecule has 0 bridgehead atoms. The second kappa shape index (κ2) is 11.6. The standard InChI is InChI=1S/C24H31ClN2O2/c1-4-10-23(28)27(17-20-13-9-14-21(25)15-20)22(24(29)26-18(3)5-2)16-19-11-7-6-8-12-19/h6-9,11-15,18,22H,4-5,10,16-17H2,1-3H3,(H,26,29)/t18-,22+/m1/s1. The van der Waals surface area contributed by atoms with Crippen LogP contribution < -0.4 is 5.32 Å². The van der Waals surface area contributed by atoms with Crippen LogP contribution in [-0.2, 0) is 22.6 Å². The summed E-state index contributed by atoms with van der Waals surface area (Å²) in [6, 6.07) is 16.8. The van der Waals surface area contributed by atoms with Gasteiger partial charge in [-0.25, -0.2) is 0 Å². The van der Waals surface area contributed by atoms with Gasteiger partial charge in [-0.05, 0) is 43.0 Å². The molecule has 2 aromatic rings. The molecule has 2 amide bonds. The van der Waals surface area contributed by atoms with E-state index in [-0.39, 0.29) is 17.9 Å². The first-order valence-electron chi connectivity index (χ1n) is 10.3. The van der Waals surface area contributed by atoms with Gasteiger partial charge in [-0.15, -0.1) is 0 Å². The first kappa shape index (κ1) is 23.0. The van der Waals surface area contributed by atoms with Crippen molar-refractivity contribution in [2.75, 3.05) is 0 Å². The summed E-state index contributed by atoms with van der Waals surface area (Å²) in [7, 11) is 0. The molecular weight excluding hydrogens is 384 g/mol. The highest BCUT2D eigenvalue weighted by molar-refractivity contribution is 6.30. The maximum Gasteiger partial charge on any atom is 0.243 e. The summed E-state index contributed by atoms with van der Waals surface area (Å²) < 4.78 is 0. The molecule has 0 aromatic heterocycles. The van der Waals surface area contributed by atoms with Crippen LogP contribution in [-0.4, -0.2) is 28.8 Å². The number of benzene rings is 2. The molecule has 0 saturated carbocycles. The molecule has 0 spiro atoms. The van der Waals surface area contributed by atoms with Crippen molar-refractivity contribution in [1.82, 2.24) is 10.2 Å². The molecule has 0 saturated heterocycles. The van der Waals surface area contributed by atoms with Crippen LogP contribution in [0.15, 0.2) is 54.6 Å². The highest BCUT2D eigenvalue weighted by Crippen LogP contribution is 2.18. The summed E-state index contributed by atoms with van der Waals surface area (Å²) in [4.78, 5) is 27.9. The third kappa shape index (κ3) is 7.21. The van der Waals surface area contributed by atoms with E-state index in [4.69, 9.17) is 11.6 Å². The summed E-state index contributed by atoms with van der Waals surface area (Å²) in [5.74, 6) is -0.137. The summed E-state index contributed by atoms with van der Waals surface area (Å²) in [6.07, 6.45) is 2.44. The van der Waals surface area contributed by atoms with E-state index in [1.165, 1.54) is 0 Å². The number of hydrogen-bond acceptors (Lipinski definition) is 2. The molecule has 0 heterocycles. The van der Waals surface area contributed by atoms with Gasteiger partial charge in [0.05, 0.1) is 0 Å². The van der Waals surface area contributed by atoms with Crippen molar-refractivity contribution < 1.29 is 9.59 Å². The van der Waals surface area contributed by atoms with E-state index >= 15 is 0 Å². The van der Waals surface area contributed by atoms with Crippen LogP contribution in [0, 0.1) is 0 Å². The van der Waals surface area contributed by atoms with Crippen LogP contribution in [0.1, 0.15) is 51.2 Å². The molecule has 0 aliphatic rings. The molecule has 0 fully saturated rings. The van der Waals surface area contributed by atoms with Crippen molar-refractivity contribution in [1.29, 1.82) is 0 Å². The molecule has 5 heteroatoms. The second-order valence-corrected chi connectivity index (χ2v) is 7.86. The van der Waals surface area contributed by atoms with Gasteiger partial charge in [-0.2, -0.15) is 0 Å². The first-order valence-corrected chi connectivity index (χ1v) is 10.7. The average Bonchev–Trinajstić information content (AvgIpc) is 2.71.